The monoisotopic (exact) mass is 408 g/mol. The van der Waals surface area contributed by atoms with Crippen LogP contribution in [0.15, 0.2) is 18.2 Å². The van der Waals surface area contributed by atoms with Crippen LogP contribution < -0.4 is 15.4 Å². The largest absolute Gasteiger partial charge is 0.494 e. The van der Waals surface area contributed by atoms with Gasteiger partial charge in [0.25, 0.3) is 17.5 Å². The molecule has 1 saturated heterocycles. The number of ether oxygens (including phenoxy) is 2. The molecule has 0 unspecified atom stereocenters. The Labute approximate surface area is 165 Å². The summed E-state index contributed by atoms with van der Waals surface area (Å²) in [5.74, 6) is -2.15. The average Bonchev–Trinajstić information content (AvgIpc) is 2.83. The van der Waals surface area contributed by atoms with Crippen molar-refractivity contribution in [1.82, 2.24) is 10.2 Å². The molecule has 0 radical (unpaired) electrons. The van der Waals surface area contributed by atoms with Gasteiger partial charge in [-0.1, -0.05) is 0 Å². The fraction of sp³-hybridized carbons (Fsp3) is 0.412. The van der Waals surface area contributed by atoms with Gasteiger partial charge in [0.15, 0.2) is 6.61 Å². The van der Waals surface area contributed by atoms with Gasteiger partial charge in [-0.3, -0.25) is 29.4 Å². The summed E-state index contributed by atoms with van der Waals surface area (Å²) in [6, 6.07) is 3.14. The lowest BCUT2D eigenvalue weighted by Gasteiger charge is -2.15. The van der Waals surface area contributed by atoms with Crippen molar-refractivity contribution >= 4 is 35.2 Å². The van der Waals surface area contributed by atoms with Crippen molar-refractivity contribution in [3.8, 4) is 5.75 Å². The number of carbonyl (C=O) groups excluding carboxylic acids is 4. The first-order valence-corrected chi connectivity index (χ1v) is 8.56. The molecule has 156 valence electrons. The number of hydrogen-bond donors (Lipinski definition) is 2. The number of nitro benzene ring substituents is 1. The molecule has 2 N–H and O–H groups in total. The van der Waals surface area contributed by atoms with Gasteiger partial charge in [-0.15, -0.1) is 0 Å². The number of anilines is 1. The highest BCUT2D eigenvalue weighted by molar-refractivity contribution is 6.08. The summed E-state index contributed by atoms with van der Waals surface area (Å²) < 4.78 is 9.93. The van der Waals surface area contributed by atoms with Crippen LogP contribution in [0.25, 0.3) is 0 Å². The zero-order chi connectivity index (χ0) is 21.8. The van der Waals surface area contributed by atoms with Crippen molar-refractivity contribution < 1.29 is 33.6 Å². The Kier molecular flexibility index (Phi) is 6.36. The van der Waals surface area contributed by atoms with Crippen LogP contribution in [0.1, 0.15) is 20.8 Å². The van der Waals surface area contributed by atoms with E-state index in [4.69, 9.17) is 9.47 Å². The molecule has 2 rings (SSSR count). The molecule has 1 aliphatic heterocycles. The molecule has 1 aromatic carbocycles. The minimum atomic E-state index is -1.14. The van der Waals surface area contributed by atoms with Gasteiger partial charge in [-0.2, -0.15) is 0 Å². The minimum Gasteiger partial charge on any atom is -0.494 e. The summed E-state index contributed by atoms with van der Waals surface area (Å²) in [6.45, 7) is 3.58. The second kappa shape index (κ2) is 8.54. The van der Waals surface area contributed by atoms with E-state index in [1.165, 1.54) is 26.0 Å². The van der Waals surface area contributed by atoms with Crippen LogP contribution in [0.5, 0.6) is 5.75 Å². The van der Waals surface area contributed by atoms with Crippen molar-refractivity contribution in [1.29, 1.82) is 0 Å². The number of carbonyl (C=O) groups is 4. The van der Waals surface area contributed by atoms with Gasteiger partial charge in [0.1, 0.15) is 23.5 Å². The highest BCUT2D eigenvalue weighted by Crippen LogP contribution is 2.29. The van der Waals surface area contributed by atoms with E-state index < -0.39 is 53.1 Å². The molecule has 1 fully saturated rings. The molecule has 1 aromatic rings. The first-order valence-electron chi connectivity index (χ1n) is 8.56. The third kappa shape index (κ3) is 5.18. The second-order valence-electron chi connectivity index (χ2n) is 6.52. The normalized spacial score (nSPS) is 14.9. The predicted molar refractivity (Wildman–Crippen MR) is 98.2 cm³/mol. The van der Waals surface area contributed by atoms with Crippen LogP contribution in [0, 0.1) is 10.1 Å². The van der Waals surface area contributed by atoms with E-state index in [2.05, 4.69) is 10.6 Å². The fourth-order valence-electron chi connectivity index (χ4n) is 2.49. The van der Waals surface area contributed by atoms with Crippen LogP contribution in [0.4, 0.5) is 16.2 Å². The number of nitro groups is 1. The highest BCUT2D eigenvalue weighted by Gasteiger charge is 2.45. The standard InChI is InChI=1S/C17H20N4O8/c1-4-28-10-5-6-11(12(7-10)21(26)27)18-13(22)9-29-14(23)8-20-15(24)17(2,3)19-16(20)25/h5-7H,4,8-9H2,1-3H3,(H,18,22)(H,19,25). The summed E-state index contributed by atoms with van der Waals surface area (Å²) in [7, 11) is 0. The molecular formula is C17H20N4O8. The Hall–Kier alpha value is -3.70. The molecule has 0 saturated carbocycles. The molecule has 4 amide bonds. The van der Waals surface area contributed by atoms with Crippen molar-refractivity contribution in [2.45, 2.75) is 26.3 Å². The third-order valence-electron chi connectivity index (χ3n) is 3.85. The van der Waals surface area contributed by atoms with Gasteiger partial charge >= 0.3 is 12.0 Å². The van der Waals surface area contributed by atoms with Gasteiger partial charge in [0.2, 0.25) is 0 Å². The van der Waals surface area contributed by atoms with E-state index in [9.17, 15) is 29.3 Å². The zero-order valence-electron chi connectivity index (χ0n) is 16.0. The van der Waals surface area contributed by atoms with Crippen LogP contribution >= 0.6 is 0 Å². The topological polar surface area (TPSA) is 157 Å². The predicted octanol–water partition coefficient (Wildman–Crippen LogP) is 0.806. The quantitative estimate of drug-likeness (QED) is 0.277. The van der Waals surface area contributed by atoms with E-state index in [-0.39, 0.29) is 11.4 Å². The molecule has 0 bridgehead atoms. The third-order valence-corrected chi connectivity index (χ3v) is 3.85. The summed E-state index contributed by atoms with van der Waals surface area (Å²) >= 11 is 0. The van der Waals surface area contributed by atoms with E-state index in [0.29, 0.717) is 11.5 Å². The van der Waals surface area contributed by atoms with Crippen LogP contribution in [-0.2, 0) is 19.1 Å². The lowest BCUT2D eigenvalue weighted by Crippen LogP contribution is -2.41. The Morgan fingerprint density at radius 1 is 1.31 bits per heavy atom. The minimum absolute atomic E-state index is 0.102. The second-order valence-corrected chi connectivity index (χ2v) is 6.52. The van der Waals surface area contributed by atoms with Crippen LogP contribution in [-0.4, -0.2) is 58.9 Å². The molecule has 0 aromatic heterocycles. The maximum absolute atomic E-state index is 12.0. The van der Waals surface area contributed by atoms with Crippen molar-refractivity contribution in [2.75, 3.05) is 25.1 Å². The number of amides is 4. The number of hydrogen-bond acceptors (Lipinski definition) is 8. The van der Waals surface area contributed by atoms with Gasteiger partial charge in [-0.05, 0) is 32.9 Å². The number of nitrogens with one attached hydrogen (secondary N) is 2. The van der Waals surface area contributed by atoms with Crippen molar-refractivity contribution in [2.24, 2.45) is 0 Å². The zero-order valence-corrected chi connectivity index (χ0v) is 16.0. The number of esters is 1. The summed E-state index contributed by atoms with van der Waals surface area (Å²) in [4.78, 5) is 58.7. The number of benzene rings is 1. The van der Waals surface area contributed by atoms with E-state index >= 15 is 0 Å². The molecule has 12 nitrogen and oxygen atoms in total. The summed E-state index contributed by atoms with van der Waals surface area (Å²) in [6.07, 6.45) is 0. The molecule has 1 aliphatic rings. The average molecular weight is 408 g/mol. The number of rotatable bonds is 8. The van der Waals surface area contributed by atoms with Crippen LogP contribution in [0.2, 0.25) is 0 Å². The maximum atomic E-state index is 12.0. The molecule has 0 spiro atoms. The lowest BCUT2D eigenvalue weighted by atomic mass is 10.1. The Bertz CT molecular complexity index is 867. The maximum Gasteiger partial charge on any atom is 0.326 e. The first-order chi connectivity index (χ1) is 13.5. The number of imide groups is 1. The van der Waals surface area contributed by atoms with Crippen molar-refractivity contribution in [3.63, 3.8) is 0 Å². The van der Waals surface area contributed by atoms with Gasteiger partial charge in [0, 0.05) is 0 Å². The molecule has 12 heteroatoms. The van der Waals surface area contributed by atoms with Gasteiger partial charge < -0.3 is 20.1 Å². The van der Waals surface area contributed by atoms with E-state index in [1.54, 1.807) is 6.92 Å². The van der Waals surface area contributed by atoms with E-state index in [0.717, 1.165) is 6.07 Å². The summed E-state index contributed by atoms with van der Waals surface area (Å²) in [5.41, 5.74) is -1.63. The molecule has 0 atom stereocenters. The molecule has 29 heavy (non-hydrogen) atoms. The molecular weight excluding hydrogens is 388 g/mol. The van der Waals surface area contributed by atoms with Crippen molar-refractivity contribution in [3.05, 3.63) is 28.3 Å². The van der Waals surface area contributed by atoms with Gasteiger partial charge in [0.05, 0.1) is 17.6 Å². The summed E-state index contributed by atoms with van der Waals surface area (Å²) in [5, 5.41) is 15.8. The van der Waals surface area contributed by atoms with Crippen LogP contribution in [0.3, 0.4) is 0 Å². The van der Waals surface area contributed by atoms with E-state index in [1.807, 2.05) is 0 Å². The first kappa shape index (κ1) is 21.6. The Balaban J connectivity index is 1.93. The number of urea groups is 1. The number of nitrogens with zero attached hydrogens (tertiary/aromatic N) is 2. The fourth-order valence-corrected chi connectivity index (χ4v) is 2.49. The lowest BCUT2D eigenvalue weighted by molar-refractivity contribution is -0.384. The SMILES string of the molecule is CCOc1ccc(NC(=O)COC(=O)CN2C(=O)NC(C)(C)C2=O)c([N+](=O)[O-])c1. The molecule has 1 heterocycles. The highest BCUT2D eigenvalue weighted by atomic mass is 16.6. The Morgan fingerprint density at radius 3 is 2.55 bits per heavy atom. The molecule has 0 aliphatic carbocycles. The Morgan fingerprint density at radius 2 is 2.00 bits per heavy atom. The van der Waals surface area contributed by atoms with Gasteiger partial charge in [-0.25, -0.2) is 4.79 Å². The smallest absolute Gasteiger partial charge is 0.326 e.